The molecule has 52 valence electrons. The lowest BCUT2D eigenvalue weighted by atomic mass is 10.1. The van der Waals surface area contributed by atoms with Gasteiger partial charge in [-0.2, -0.15) is 11.8 Å². The van der Waals surface area contributed by atoms with E-state index < -0.39 is 0 Å². The minimum absolute atomic E-state index is 0.361. The zero-order valence-electron chi connectivity index (χ0n) is 5.76. The second-order valence-electron chi connectivity index (χ2n) is 2.47. The molecule has 1 rings (SSSR count). The summed E-state index contributed by atoms with van der Waals surface area (Å²) < 4.78 is 0.361. The Morgan fingerprint density at radius 2 is 2.11 bits per heavy atom. The van der Waals surface area contributed by atoms with Crippen LogP contribution in [0.25, 0.3) is 0 Å². The number of hydrogen-bond donors (Lipinski definition) is 1. The molecule has 0 aromatic carbocycles. The van der Waals surface area contributed by atoms with Crippen LogP contribution in [0.3, 0.4) is 0 Å². The van der Waals surface area contributed by atoms with Crippen molar-refractivity contribution in [1.82, 2.24) is 0 Å². The number of rotatable bonds is 2. The van der Waals surface area contributed by atoms with E-state index in [1.165, 1.54) is 0 Å². The van der Waals surface area contributed by atoms with Gasteiger partial charge in [0.1, 0.15) is 0 Å². The highest BCUT2D eigenvalue weighted by atomic mass is 32.2. The lowest BCUT2D eigenvalue weighted by Gasteiger charge is -2.23. The van der Waals surface area contributed by atoms with E-state index in [0.29, 0.717) is 4.75 Å². The van der Waals surface area contributed by atoms with Crippen LogP contribution in [0.1, 0.15) is 12.8 Å². The van der Waals surface area contributed by atoms with E-state index in [4.69, 9.17) is 5.73 Å². The third kappa shape index (κ3) is 1.30. The first-order valence-electron chi connectivity index (χ1n) is 3.23. The van der Waals surface area contributed by atoms with Crippen LogP contribution in [0.15, 0.2) is 12.2 Å². The summed E-state index contributed by atoms with van der Waals surface area (Å²) in [5.74, 6) is 0. The highest BCUT2D eigenvalue weighted by Gasteiger charge is 2.27. The first-order chi connectivity index (χ1) is 4.33. The van der Waals surface area contributed by atoms with Gasteiger partial charge in [-0.1, -0.05) is 12.2 Å². The number of hydrogen-bond acceptors (Lipinski definition) is 2. The van der Waals surface area contributed by atoms with Gasteiger partial charge in [0, 0.05) is 11.3 Å². The summed E-state index contributed by atoms with van der Waals surface area (Å²) >= 11 is 1.89. The molecule has 0 atom stereocenters. The maximum Gasteiger partial charge on any atom is 0.0348 e. The van der Waals surface area contributed by atoms with Crippen LogP contribution in [-0.4, -0.2) is 17.5 Å². The molecule has 0 aromatic heterocycles. The van der Waals surface area contributed by atoms with Crippen LogP contribution in [0.2, 0.25) is 0 Å². The predicted octanol–water partition coefficient (Wildman–Crippen LogP) is 1.40. The lowest BCUT2D eigenvalue weighted by molar-refractivity contribution is 0.643. The predicted molar refractivity (Wildman–Crippen MR) is 43.7 cm³/mol. The van der Waals surface area contributed by atoms with Gasteiger partial charge in [-0.25, -0.2) is 0 Å². The third-order valence-electron chi connectivity index (χ3n) is 1.95. The Bertz CT molecular complexity index is 106. The monoisotopic (exact) mass is 143 g/mol. The largest absolute Gasteiger partial charge is 0.329 e. The first-order valence-corrected chi connectivity index (χ1v) is 4.46. The van der Waals surface area contributed by atoms with Gasteiger partial charge in [-0.15, -0.1) is 0 Å². The summed E-state index contributed by atoms with van der Waals surface area (Å²) in [6.45, 7) is 0.807. The summed E-state index contributed by atoms with van der Waals surface area (Å²) in [5, 5.41) is 0. The van der Waals surface area contributed by atoms with Crippen LogP contribution >= 0.6 is 11.8 Å². The number of nitrogens with two attached hydrogens (primary N) is 1. The standard InChI is InChI=1S/C7H13NS/c1-9-7(6-8)4-2-3-5-7/h2-3H,4-6,8H2,1H3. The molecule has 0 amide bonds. The first kappa shape index (κ1) is 7.16. The van der Waals surface area contributed by atoms with Crippen LogP contribution < -0.4 is 5.73 Å². The Kier molecular flexibility index (Phi) is 2.19. The molecule has 1 aliphatic rings. The fourth-order valence-corrected chi connectivity index (χ4v) is 1.79. The molecule has 0 aromatic rings. The van der Waals surface area contributed by atoms with Crippen molar-refractivity contribution in [1.29, 1.82) is 0 Å². The van der Waals surface area contributed by atoms with Crippen molar-refractivity contribution in [3.8, 4) is 0 Å². The van der Waals surface area contributed by atoms with Crippen molar-refractivity contribution < 1.29 is 0 Å². The second kappa shape index (κ2) is 2.76. The zero-order chi connectivity index (χ0) is 6.74. The smallest absolute Gasteiger partial charge is 0.0348 e. The SMILES string of the molecule is CSC1(CN)CC=CC1. The molecular formula is C7H13NS. The van der Waals surface area contributed by atoms with E-state index in [1.807, 2.05) is 11.8 Å². The van der Waals surface area contributed by atoms with Crippen LogP contribution in [-0.2, 0) is 0 Å². The molecule has 1 aliphatic carbocycles. The fourth-order valence-electron chi connectivity index (χ4n) is 1.10. The Morgan fingerprint density at radius 1 is 1.56 bits per heavy atom. The van der Waals surface area contributed by atoms with Crippen LogP contribution in [0.5, 0.6) is 0 Å². The minimum atomic E-state index is 0.361. The molecule has 0 aliphatic heterocycles. The van der Waals surface area contributed by atoms with Gasteiger partial charge in [-0.3, -0.25) is 0 Å². The van der Waals surface area contributed by atoms with Gasteiger partial charge in [0.05, 0.1) is 0 Å². The van der Waals surface area contributed by atoms with E-state index in [9.17, 15) is 0 Å². The zero-order valence-corrected chi connectivity index (χ0v) is 6.58. The maximum absolute atomic E-state index is 5.62. The molecule has 0 heterocycles. The van der Waals surface area contributed by atoms with Crippen LogP contribution in [0.4, 0.5) is 0 Å². The molecule has 0 saturated carbocycles. The molecule has 0 saturated heterocycles. The van der Waals surface area contributed by atoms with Gasteiger partial charge in [0.25, 0.3) is 0 Å². The Morgan fingerprint density at radius 3 is 2.33 bits per heavy atom. The number of thioether (sulfide) groups is 1. The molecule has 0 spiro atoms. The molecule has 0 bridgehead atoms. The molecule has 2 N–H and O–H groups in total. The average molecular weight is 143 g/mol. The van der Waals surface area contributed by atoms with E-state index in [0.717, 1.165) is 19.4 Å². The summed E-state index contributed by atoms with van der Waals surface area (Å²) in [6.07, 6.45) is 8.90. The van der Waals surface area contributed by atoms with Gasteiger partial charge in [0.15, 0.2) is 0 Å². The highest BCUT2D eigenvalue weighted by molar-refractivity contribution is 8.00. The van der Waals surface area contributed by atoms with Gasteiger partial charge in [-0.05, 0) is 19.1 Å². The summed E-state index contributed by atoms with van der Waals surface area (Å²) in [5.41, 5.74) is 5.62. The van der Waals surface area contributed by atoms with Crippen molar-refractivity contribution in [3.05, 3.63) is 12.2 Å². The van der Waals surface area contributed by atoms with Crippen molar-refractivity contribution in [3.63, 3.8) is 0 Å². The molecular weight excluding hydrogens is 130 g/mol. The Labute approximate surface area is 60.7 Å². The average Bonchev–Trinajstić information content (AvgIpc) is 2.36. The lowest BCUT2D eigenvalue weighted by Crippen LogP contribution is -2.30. The summed E-state index contributed by atoms with van der Waals surface area (Å²) in [6, 6.07) is 0. The topological polar surface area (TPSA) is 26.0 Å². The third-order valence-corrected chi connectivity index (χ3v) is 3.32. The molecule has 9 heavy (non-hydrogen) atoms. The highest BCUT2D eigenvalue weighted by Crippen LogP contribution is 2.34. The van der Waals surface area contributed by atoms with Crippen molar-refractivity contribution in [2.75, 3.05) is 12.8 Å². The fraction of sp³-hybridized carbons (Fsp3) is 0.714. The minimum Gasteiger partial charge on any atom is -0.329 e. The Balaban J connectivity index is 2.50. The van der Waals surface area contributed by atoms with Crippen molar-refractivity contribution >= 4 is 11.8 Å². The quantitative estimate of drug-likeness (QED) is 0.591. The van der Waals surface area contributed by atoms with E-state index in [-0.39, 0.29) is 0 Å². The van der Waals surface area contributed by atoms with Crippen LogP contribution in [0, 0.1) is 0 Å². The van der Waals surface area contributed by atoms with E-state index >= 15 is 0 Å². The molecule has 1 nitrogen and oxygen atoms in total. The van der Waals surface area contributed by atoms with Gasteiger partial charge >= 0.3 is 0 Å². The molecule has 0 unspecified atom stereocenters. The van der Waals surface area contributed by atoms with E-state index in [1.54, 1.807) is 0 Å². The Hall–Kier alpha value is 0.0500. The normalized spacial score (nSPS) is 22.9. The van der Waals surface area contributed by atoms with E-state index in [2.05, 4.69) is 18.4 Å². The summed E-state index contributed by atoms with van der Waals surface area (Å²) in [4.78, 5) is 0. The molecule has 0 fully saturated rings. The van der Waals surface area contributed by atoms with Gasteiger partial charge in [0.2, 0.25) is 0 Å². The van der Waals surface area contributed by atoms with Crippen molar-refractivity contribution in [2.24, 2.45) is 5.73 Å². The second-order valence-corrected chi connectivity index (χ2v) is 3.75. The molecule has 0 radical (unpaired) electrons. The van der Waals surface area contributed by atoms with Crippen molar-refractivity contribution in [2.45, 2.75) is 17.6 Å². The maximum atomic E-state index is 5.62. The summed E-state index contributed by atoms with van der Waals surface area (Å²) in [7, 11) is 0. The number of allylic oxidation sites excluding steroid dienone is 2. The molecule has 2 heteroatoms. The van der Waals surface area contributed by atoms with Gasteiger partial charge < -0.3 is 5.73 Å².